The number of hydrogen-bond acceptors (Lipinski definition) is 4. The zero-order chi connectivity index (χ0) is 17.1. The number of aromatic hydroxyl groups is 1. The molecule has 1 N–H and O–H groups in total. The zero-order valence-corrected chi connectivity index (χ0v) is 13.4. The van der Waals surface area contributed by atoms with Gasteiger partial charge in [-0.2, -0.15) is 0 Å². The highest BCUT2D eigenvalue weighted by Crippen LogP contribution is 2.27. The Morgan fingerprint density at radius 1 is 1.12 bits per heavy atom. The number of fused-ring (bicyclic) bond motifs is 1. The smallest absolute Gasteiger partial charge is 0.338 e. The van der Waals surface area contributed by atoms with E-state index in [1.54, 1.807) is 11.8 Å². The van der Waals surface area contributed by atoms with Gasteiger partial charge in [-0.25, -0.2) is 4.79 Å². The SMILES string of the molecule is C[C@@H](OC(=O)c1ccc(O)cc1)C(=O)N1CCCc2ccccc21. The first-order valence-corrected chi connectivity index (χ1v) is 7.95. The average Bonchev–Trinajstić information content (AvgIpc) is 2.61. The van der Waals surface area contributed by atoms with E-state index < -0.39 is 12.1 Å². The van der Waals surface area contributed by atoms with Crippen LogP contribution in [0.25, 0.3) is 0 Å². The highest BCUT2D eigenvalue weighted by Gasteiger charge is 2.28. The van der Waals surface area contributed by atoms with E-state index in [-0.39, 0.29) is 11.7 Å². The Hall–Kier alpha value is -2.82. The molecule has 2 aromatic carbocycles. The third-order valence-electron chi connectivity index (χ3n) is 4.11. The van der Waals surface area contributed by atoms with Gasteiger partial charge >= 0.3 is 5.97 Å². The molecule has 0 aromatic heterocycles. The molecule has 0 spiro atoms. The molecule has 2 aromatic rings. The Labute approximate surface area is 140 Å². The summed E-state index contributed by atoms with van der Waals surface area (Å²) in [6.07, 6.45) is 0.959. The first kappa shape index (κ1) is 16.1. The maximum atomic E-state index is 12.7. The first-order valence-electron chi connectivity index (χ1n) is 7.95. The van der Waals surface area contributed by atoms with Gasteiger partial charge in [0.1, 0.15) is 5.75 Å². The summed E-state index contributed by atoms with van der Waals surface area (Å²) in [4.78, 5) is 26.5. The summed E-state index contributed by atoms with van der Waals surface area (Å²) in [5.74, 6) is -0.740. The number of esters is 1. The summed E-state index contributed by atoms with van der Waals surface area (Å²) < 4.78 is 5.29. The lowest BCUT2D eigenvalue weighted by molar-refractivity contribution is -0.126. The maximum absolute atomic E-state index is 12.7. The van der Waals surface area contributed by atoms with E-state index in [0.717, 1.165) is 24.1 Å². The quantitative estimate of drug-likeness (QED) is 0.881. The van der Waals surface area contributed by atoms with E-state index in [0.29, 0.717) is 12.1 Å². The van der Waals surface area contributed by atoms with Crippen molar-refractivity contribution in [3.63, 3.8) is 0 Å². The van der Waals surface area contributed by atoms with E-state index in [2.05, 4.69) is 0 Å². The zero-order valence-electron chi connectivity index (χ0n) is 13.4. The molecular formula is C19H19NO4. The second-order valence-electron chi connectivity index (χ2n) is 5.82. The van der Waals surface area contributed by atoms with Crippen molar-refractivity contribution in [2.75, 3.05) is 11.4 Å². The molecule has 0 saturated heterocycles. The summed E-state index contributed by atoms with van der Waals surface area (Å²) in [6, 6.07) is 13.5. The van der Waals surface area contributed by atoms with Crippen LogP contribution in [-0.2, 0) is 16.0 Å². The third-order valence-corrected chi connectivity index (χ3v) is 4.11. The fourth-order valence-corrected chi connectivity index (χ4v) is 2.86. The van der Waals surface area contributed by atoms with Crippen LogP contribution in [0, 0.1) is 0 Å². The van der Waals surface area contributed by atoms with Gasteiger partial charge in [-0.05, 0) is 55.7 Å². The molecule has 1 atom stereocenters. The highest BCUT2D eigenvalue weighted by atomic mass is 16.5. The van der Waals surface area contributed by atoms with E-state index in [9.17, 15) is 14.7 Å². The van der Waals surface area contributed by atoms with E-state index >= 15 is 0 Å². The van der Waals surface area contributed by atoms with Crippen molar-refractivity contribution in [2.24, 2.45) is 0 Å². The minimum Gasteiger partial charge on any atom is -0.508 e. The lowest BCUT2D eigenvalue weighted by Crippen LogP contribution is -2.42. The number of nitrogens with zero attached hydrogens (tertiary/aromatic N) is 1. The molecule has 5 heteroatoms. The van der Waals surface area contributed by atoms with Gasteiger partial charge in [0.2, 0.25) is 0 Å². The number of phenols is 1. The average molecular weight is 325 g/mol. The molecule has 3 rings (SSSR count). The van der Waals surface area contributed by atoms with Gasteiger partial charge in [0.05, 0.1) is 5.56 Å². The second-order valence-corrected chi connectivity index (χ2v) is 5.82. The summed E-state index contributed by atoms with van der Waals surface area (Å²) in [5, 5.41) is 9.26. The van der Waals surface area contributed by atoms with Crippen molar-refractivity contribution < 1.29 is 19.4 Å². The number of anilines is 1. The Morgan fingerprint density at radius 2 is 1.83 bits per heavy atom. The van der Waals surface area contributed by atoms with Crippen LogP contribution in [0.1, 0.15) is 29.3 Å². The lowest BCUT2D eigenvalue weighted by Gasteiger charge is -2.31. The molecule has 24 heavy (non-hydrogen) atoms. The molecule has 0 bridgehead atoms. The normalized spacial score (nSPS) is 14.6. The number of hydrogen-bond donors (Lipinski definition) is 1. The van der Waals surface area contributed by atoms with Gasteiger partial charge < -0.3 is 14.7 Å². The highest BCUT2D eigenvalue weighted by molar-refractivity contribution is 5.99. The molecule has 1 amide bonds. The van der Waals surface area contributed by atoms with Gasteiger partial charge in [-0.3, -0.25) is 4.79 Å². The number of para-hydroxylation sites is 1. The molecule has 0 radical (unpaired) electrons. The molecule has 0 fully saturated rings. The molecular weight excluding hydrogens is 306 g/mol. The Kier molecular flexibility index (Phi) is 4.51. The van der Waals surface area contributed by atoms with Crippen LogP contribution in [0.4, 0.5) is 5.69 Å². The lowest BCUT2D eigenvalue weighted by atomic mass is 10.0. The maximum Gasteiger partial charge on any atom is 0.338 e. The molecule has 1 aliphatic rings. The van der Waals surface area contributed by atoms with Gasteiger partial charge in [-0.15, -0.1) is 0 Å². The predicted octanol–water partition coefficient (Wildman–Crippen LogP) is 2.92. The Balaban J connectivity index is 1.71. The van der Waals surface area contributed by atoms with Gasteiger partial charge in [0.25, 0.3) is 5.91 Å². The van der Waals surface area contributed by atoms with Gasteiger partial charge in [0, 0.05) is 12.2 Å². The van der Waals surface area contributed by atoms with Crippen LogP contribution < -0.4 is 4.90 Å². The van der Waals surface area contributed by atoms with Gasteiger partial charge in [-0.1, -0.05) is 18.2 Å². The van der Waals surface area contributed by atoms with Crippen molar-refractivity contribution in [3.8, 4) is 5.75 Å². The van der Waals surface area contributed by atoms with Crippen molar-refractivity contribution in [1.29, 1.82) is 0 Å². The summed E-state index contributed by atoms with van der Waals surface area (Å²) >= 11 is 0. The molecule has 0 saturated carbocycles. The van der Waals surface area contributed by atoms with Crippen LogP contribution in [0.3, 0.4) is 0 Å². The largest absolute Gasteiger partial charge is 0.508 e. The van der Waals surface area contributed by atoms with Crippen LogP contribution in [0.2, 0.25) is 0 Å². The molecule has 1 heterocycles. The second kappa shape index (κ2) is 6.74. The topological polar surface area (TPSA) is 66.8 Å². The Bertz CT molecular complexity index is 754. The predicted molar refractivity (Wildman–Crippen MR) is 90.1 cm³/mol. The number of phenolic OH excluding ortho intramolecular Hbond substituents is 1. The van der Waals surface area contributed by atoms with E-state index in [4.69, 9.17) is 4.74 Å². The van der Waals surface area contributed by atoms with Crippen LogP contribution in [0.5, 0.6) is 5.75 Å². The fraction of sp³-hybridized carbons (Fsp3) is 0.263. The number of benzene rings is 2. The monoisotopic (exact) mass is 325 g/mol. The molecule has 0 unspecified atom stereocenters. The van der Waals surface area contributed by atoms with Crippen molar-refractivity contribution >= 4 is 17.6 Å². The van der Waals surface area contributed by atoms with Crippen LogP contribution >= 0.6 is 0 Å². The number of carbonyl (C=O) groups excluding carboxylic acids is 2. The van der Waals surface area contributed by atoms with Gasteiger partial charge in [0.15, 0.2) is 6.10 Å². The molecule has 1 aliphatic heterocycles. The minimum absolute atomic E-state index is 0.0700. The van der Waals surface area contributed by atoms with E-state index in [1.165, 1.54) is 24.3 Å². The molecule has 124 valence electrons. The molecule has 5 nitrogen and oxygen atoms in total. The fourth-order valence-electron chi connectivity index (χ4n) is 2.86. The number of amides is 1. The Morgan fingerprint density at radius 3 is 2.58 bits per heavy atom. The van der Waals surface area contributed by atoms with Crippen molar-refractivity contribution in [3.05, 3.63) is 59.7 Å². The summed E-state index contributed by atoms with van der Waals surface area (Å²) in [7, 11) is 0. The molecule has 0 aliphatic carbocycles. The number of ether oxygens (including phenoxy) is 1. The third kappa shape index (κ3) is 3.25. The first-order chi connectivity index (χ1) is 11.6. The van der Waals surface area contributed by atoms with Crippen molar-refractivity contribution in [2.45, 2.75) is 25.9 Å². The number of carbonyl (C=O) groups is 2. The standard InChI is InChI=1S/C19H19NO4/c1-13(24-19(23)15-8-10-16(21)11-9-15)18(22)20-12-4-6-14-5-2-3-7-17(14)20/h2-3,5,7-11,13,21H,4,6,12H2,1H3/t13-/m1/s1. The number of aryl methyl sites for hydroxylation is 1. The van der Waals surface area contributed by atoms with Crippen molar-refractivity contribution in [1.82, 2.24) is 0 Å². The van der Waals surface area contributed by atoms with Crippen LogP contribution in [-0.4, -0.2) is 29.6 Å². The summed E-state index contributed by atoms with van der Waals surface area (Å²) in [5.41, 5.74) is 2.32. The van der Waals surface area contributed by atoms with Crippen LogP contribution in [0.15, 0.2) is 48.5 Å². The summed E-state index contributed by atoms with van der Waals surface area (Å²) in [6.45, 7) is 2.20. The number of rotatable bonds is 3. The minimum atomic E-state index is -0.877. The van der Waals surface area contributed by atoms with E-state index in [1.807, 2.05) is 24.3 Å².